The maximum atomic E-state index is 13.2. The highest BCUT2D eigenvalue weighted by Crippen LogP contribution is 2.42. The largest absolute Gasteiger partial charge is 0.340 e. The topological polar surface area (TPSA) is 20.3 Å². The Balaban J connectivity index is 1.85. The molecule has 3 rings (SSSR count). The molecule has 0 spiro atoms. The van der Waals surface area contributed by atoms with E-state index < -0.39 is 5.41 Å². The zero-order valence-electron chi connectivity index (χ0n) is 13.0. The number of halogens is 2. The van der Waals surface area contributed by atoms with Gasteiger partial charge >= 0.3 is 0 Å². The molecular weight excluding hydrogens is 377 g/mol. The van der Waals surface area contributed by atoms with Crippen LogP contribution in [0.15, 0.2) is 40.2 Å². The van der Waals surface area contributed by atoms with E-state index >= 15 is 0 Å². The van der Waals surface area contributed by atoms with Crippen molar-refractivity contribution in [1.29, 1.82) is 0 Å². The third-order valence-corrected chi connectivity index (χ3v) is 6.24. The van der Waals surface area contributed by atoms with Crippen molar-refractivity contribution in [2.75, 3.05) is 7.05 Å². The van der Waals surface area contributed by atoms with Crippen LogP contribution in [0.25, 0.3) is 0 Å². The lowest BCUT2D eigenvalue weighted by Crippen LogP contribution is -2.43. The SMILES string of the molecule is CN(Cc1ccc(Br)s1)C(=O)C1(c2ccc(F)cc2)CCCC1. The summed E-state index contributed by atoms with van der Waals surface area (Å²) >= 11 is 5.10. The molecule has 0 unspecified atom stereocenters. The highest BCUT2D eigenvalue weighted by molar-refractivity contribution is 9.11. The molecule has 5 heteroatoms. The van der Waals surface area contributed by atoms with Crippen LogP contribution in [0.3, 0.4) is 0 Å². The molecule has 2 nitrogen and oxygen atoms in total. The molecule has 1 saturated carbocycles. The minimum atomic E-state index is -0.489. The van der Waals surface area contributed by atoms with Crippen LogP contribution in [0, 0.1) is 5.82 Å². The lowest BCUT2D eigenvalue weighted by Gasteiger charge is -2.33. The van der Waals surface area contributed by atoms with E-state index in [1.807, 2.05) is 24.1 Å². The number of hydrogen-bond acceptors (Lipinski definition) is 2. The van der Waals surface area contributed by atoms with Gasteiger partial charge in [-0.15, -0.1) is 11.3 Å². The number of carbonyl (C=O) groups excluding carboxylic acids is 1. The summed E-state index contributed by atoms with van der Waals surface area (Å²) in [5, 5.41) is 0. The maximum absolute atomic E-state index is 13.2. The summed E-state index contributed by atoms with van der Waals surface area (Å²) in [6.45, 7) is 0.609. The Labute approximate surface area is 148 Å². The molecule has 1 amide bonds. The fourth-order valence-corrected chi connectivity index (χ4v) is 5.02. The quantitative estimate of drug-likeness (QED) is 0.703. The van der Waals surface area contributed by atoms with Gasteiger partial charge in [0.1, 0.15) is 5.82 Å². The van der Waals surface area contributed by atoms with Gasteiger partial charge in [0.2, 0.25) is 5.91 Å². The number of amides is 1. The summed E-state index contributed by atoms with van der Waals surface area (Å²) in [5.41, 5.74) is 0.456. The minimum Gasteiger partial charge on any atom is -0.340 e. The molecule has 2 aromatic rings. The van der Waals surface area contributed by atoms with Gasteiger partial charge in [0.25, 0.3) is 0 Å². The third-order valence-electron chi connectivity index (χ3n) is 4.63. The molecule has 122 valence electrons. The van der Waals surface area contributed by atoms with E-state index in [-0.39, 0.29) is 11.7 Å². The van der Waals surface area contributed by atoms with Crippen LogP contribution >= 0.6 is 27.3 Å². The number of nitrogens with zero attached hydrogens (tertiary/aromatic N) is 1. The van der Waals surface area contributed by atoms with E-state index in [1.165, 1.54) is 12.1 Å². The standard InChI is InChI=1S/C18H19BrFNOS/c1-21(12-15-8-9-16(19)23-15)17(22)18(10-2-3-11-18)13-4-6-14(20)7-5-13/h4-9H,2-3,10-12H2,1H3. The van der Waals surface area contributed by atoms with Gasteiger partial charge in [-0.1, -0.05) is 25.0 Å². The van der Waals surface area contributed by atoms with Crippen LogP contribution in [0.2, 0.25) is 0 Å². The Morgan fingerprint density at radius 3 is 2.43 bits per heavy atom. The van der Waals surface area contributed by atoms with Crippen molar-refractivity contribution < 1.29 is 9.18 Å². The molecule has 1 heterocycles. The Kier molecular flexibility index (Phi) is 4.87. The fourth-order valence-electron chi connectivity index (χ4n) is 3.48. The average molecular weight is 396 g/mol. The van der Waals surface area contributed by atoms with Crippen molar-refractivity contribution in [3.05, 3.63) is 56.4 Å². The molecule has 1 aliphatic carbocycles. The van der Waals surface area contributed by atoms with Crippen molar-refractivity contribution in [2.45, 2.75) is 37.6 Å². The molecule has 1 aromatic carbocycles. The third kappa shape index (κ3) is 3.36. The lowest BCUT2D eigenvalue weighted by atomic mass is 9.77. The Morgan fingerprint density at radius 2 is 1.87 bits per heavy atom. The number of benzene rings is 1. The van der Waals surface area contributed by atoms with Gasteiger partial charge in [-0.25, -0.2) is 4.39 Å². The van der Waals surface area contributed by atoms with E-state index in [0.29, 0.717) is 6.54 Å². The first-order chi connectivity index (χ1) is 11.0. The van der Waals surface area contributed by atoms with E-state index in [0.717, 1.165) is 39.9 Å². The average Bonchev–Trinajstić information content (AvgIpc) is 3.17. The predicted octanol–water partition coefficient (Wildman–Crippen LogP) is 5.12. The van der Waals surface area contributed by atoms with Gasteiger partial charge in [-0.2, -0.15) is 0 Å². The molecule has 0 atom stereocenters. The molecule has 1 aromatic heterocycles. The summed E-state index contributed by atoms with van der Waals surface area (Å²) in [7, 11) is 1.86. The van der Waals surface area contributed by atoms with Crippen molar-refractivity contribution in [3.63, 3.8) is 0 Å². The molecule has 0 N–H and O–H groups in total. The zero-order chi connectivity index (χ0) is 16.4. The Hall–Kier alpha value is -1.20. The van der Waals surface area contributed by atoms with Crippen molar-refractivity contribution in [3.8, 4) is 0 Å². The molecule has 0 radical (unpaired) electrons. The van der Waals surface area contributed by atoms with Crippen LogP contribution in [-0.2, 0) is 16.8 Å². The van der Waals surface area contributed by atoms with Crippen molar-refractivity contribution >= 4 is 33.2 Å². The molecule has 1 fully saturated rings. The second kappa shape index (κ2) is 6.73. The van der Waals surface area contributed by atoms with Crippen LogP contribution in [0.4, 0.5) is 4.39 Å². The van der Waals surface area contributed by atoms with E-state index in [4.69, 9.17) is 0 Å². The van der Waals surface area contributed by atoms with Gasteiger partial charge in [0.15, 0.2) is 0 Å². The van der Waals surface area contributed by atoms with E-state index in [2.05, 4.69) is 15.9 Å². The van der Waals surface area contributed by atoms with E-state index in [9.17, 15) is 9.18 Å². The first kappa shape index (κ1) is 16.7. The Morgan fingerprint density at radius 1 is 1.22 bits per heavy atom. The molecular formula is C18H19BrFNOS. The molecule has 23 heavy (non-hydrogen) atoms. The summed E-state index contributed by atoms with van der Waals surface area (Å²) in [4.78, 5) is 16.2. The Bertz CT molecular complexity index is 691. The van der Waals surface area contributed by atoms with Gasteiger partial charge in [0, 0.05) is 11.9 Å². The highest BCUT2D eigenvalue weighted by Gasteiger charge is 2.44. The van der Waals surface area contributed by atoms with Gasteiger partial charge in [0.05, 0.1) is 15.7 Å². The molecule has 0 saturated heterocycles. The molecule has 0 aliphatic heterocycles. The first-order valence-electron chi connectivity index (χ1n) is 7.77. The number of hydrogen-bond donors (Lipinski definition) is 0. The van der Waals surface area contributed by atoms with E-state index in [1.54, 1.807) is 23.5 Å². The summed E-state index contributed by atoms with van der Waals surface area (Å²) < 4.78 is 14.3. The van der Waals surface area contributed by atoms with Gasteiger partial charge in [-0.3, -0.25) is 4.79 Å². The van der Waals surface area contributed by atoms with Crippen molar-refractivity contribution in [2.24, 2.45) is 0 Å². The summed E-state index contributed by atoms with van der Waals surface area (Å²) in [6.07, 6.45) is 3.77. The second-order valence-electron chi connectivity index (χ2n) is 6.16. The van der Waals surface area contributed by atoms with Crippen LogP contribution in [-0.4, -0.2) is 17.9 Å². The zero-order valence-corrected chi connectivity index (χ0v) is 15.4. The summed E-state index contributed by atoms with van der Waals surface area (Å²) in [5.74, 6) is -0.114. The first-order valence-corrected chi connectivity index (χ1v) is 9.38. The summed E-state index contributed by atoms with van der Waals surface area (Å²) in [6, 6.07) is 10.5. The molecule has 0 bridgehead atoms. The smallest absolute Gasteiger partial charge is 0.233 e. The molecule has 1 aliphatic rings. The monoisotopic (exact) mass is 395 g/mol. The van der Waals surface area contributed by atoms with Crippen molar-refractivity contribution in [1.82, 2.24) is 4.90 Å². The van der Waals surface area contributed by atoms with Crippen LogP contribution < -0.4 is 0 Å². The minimum absolute atomic E-state index is 0.145. The number of rotatable bonds is 4. The number of likely N-dealkylation sites (N-methyl/N-ethyl adjacent to an activating group) is 1. The number of thiophene rings is 1. The maximum Gasteiger partial charge on any atom is 0.233 e. The van der Waals surface area contributed by atoms with Crippen LogP contribution in [0.5, 0.6) is 0 Å². The van der Waals surface area contributed by atoms with Gasteiger partial charge in [-0.05, 0) is 58.6 Å². The van der Waals surface area contributed by atoms with Crippen LogP contribution in [0.1, 0.15) is 36.1 Å². The lowest BCUT2D eigenvalue weighted by molar-refractivity contribution is -0.136. The predicted molar refractivity (Wildman–Crippen MR) is 95.0 cm³/mol. The second-order valence-corrected chi connectivity index (χ2v) is 8.71. The van der Waals surface area contributed by atoms with Gasteiger partial charge < -0.3 is 4.90 Å². The normalized spacial score (nSPS) is 16.5. The number of carbonyl (C=O) groups is 1. The highest BCUT2D eigenvalue weighted by atomic mass is 79.9. The fraction of sp³-hybridized carbons (Fsp3) is 0.389.